The topological polar surface area (TPSA) is 129 Å². The van der Waals surface area contributed by atoms with Crippen LogP contribution in [0.15, 0.2) is 47.0 Å². The molecule has 2 atom stereocenters. The minimum absolute atomic E-state index is 0.0300. The van der Waals surface area contributed by atoms with E-state index in [1.54, 1.807) is 32.0 Å². The summed E-state index contributed by atoms with van der Waals surface area (Å²) in [6.45, 7) is 4.20. The molecular weight excluding hydrogens is 528 g/mol. The maximum absolute atomic E-state index is 14.8. The molecule has 1 aliphatic heterocycles. The van der Waals surface area contributed by atoms with Crippen LogP contribution in [0.2, 0.25) is 0 Å². The number of carbonyl (C=O) groups is 1. The highest BCUT2D eigenvalue weighted by Gasteiger charge is 2.20. The molecule has 3 aromatic rings. The van der Waals surface area contributed by atoms with E-state index in [0.29, 0.717) is 36.4 Å². The molecule has 2 heterocycles. The van der Waals surface area contributed by atoms with Crippen molar-refractivity contribution >= 4 is 27.3 Å². The van der Waals surface area contributed by atoms with Crippen LogP contribution in [-0.4, -0.2) is 45.6 Å². The number of carbonyl (C=O) groups excluding carboxylic acids is 1. The Morgan fingerprint density at radius 1 is 1.15 bits per heavy atom. The molecule has 4 bridgehead atoms. The van der Waals surface area contributed by atoms with Gasteiger partial charge in [0.1, 0.15) is 23.0 Å². The molecule has 12 heteroatoms. The second-order valence-electron chi connectivity index (χ2n) is 9.73. The maximum atomic E-state index is 14.8. The fourth-order valence-electron chi connectivity index (χ4n) is 3.91. The van der Waals surface area contributed by atoms with Crippen molar-refractivity contribution in [2.45, 2.75) is 38.5 Å². The summed E-state index contributed by atoms with van der Waals surface area (Å²) in [5.41, 5.74) is 7.20. The quantitative estimate of drug-likeness (QED) is 0.465. The average molecular weight is 560 g/mol. The first-order chi connectivity index (χ1) is 18.5. The Kier molecular flexibility index (Phi) is 8.76. The van der Waals surface area contributed by atoms with Crippen LogP contribution in [0.5, 0.6) is 11.5 Å². The van der Waals surface area contributed by atoms with Gasteiger partial charge in [0.2, 0.25) is 5.95 Å². The standard InChI is InChI=1S/C27H31F2N5O4S/c1-16(2)24(30)26(35)34-39(3,36)15-17-10-19-13-20(11-17)37-8-4-5-9-38-23-12-18(28)6-7-21(23)25-22(29)14-31-27(32-19)33-25/h6-7,10-14,16,24H,4-5,8-9,15,30H2,1-3H3,(H,31,32,33)/t24-,39+/m0/s1. The summed E-state index contributed by atoms with van der Waals surface area (Å²) in [5.74, 6) is -1.27. The highest BCUT2D eigenvalue weighted by Crippen LogP contribution is 2.33. The van der Waals surface area contributed by atoms with E-state index < -0.39 is 33.3 Å². The highest BCUT2D eigenvalue weighted by atomic mass is 32.2. The van der Waals surface area contributed by atoms with E-state index in [1.165, 1.54) is 24.5 Å². The Balaban J connectivity index is 1.71. The zero-order valence-electron chi connectivity index (χ0n) is 21.9. The van der Waals surface area contributed by atoms with Crippen LogP contribution in [-0.2, 0) is 20.3 Å². The predicted octanol–water partition coefficient (Wildman–Crippen LogP) is 4.82. The molecule has 4 rings (SSSR count). The van der Waals surface area contributed by atoms with Crippen molar-refractivity contribution in [3.05, 3.63) is 59.8 Å². The van der Waals surface area contributed by atoms with E-state index in [4.69, 9.17) is 15.2 Å². The van der Waals surface area contributed by atoms with Crippen LogP contribution in [0, 0.1) is 17.6 Å². The van der Waals surface area contributed by atoms with Gasteiger partial charge in [-0.1, -0.05) is 13.8 Å². The molecule has 1 aromatic heterocycles. The number of anilines is 2. The molecule has 0 aliphatic carbocycles. The molecule has 1 aliphatic rings. The lowest BCUT2D eigenvalue weighted by Crippen LogP contribution is -2.34. The summed E-state index contributed by atoms with van der Waals surface area (Å²) in [6.07, 6.45) is 3.64. The number of fused-ring (bicyclic) bond motifs is 6. The molecule has 3 N–H and O–H groups in total. The monoisotopic (exact) mass is 559 g/mol. The first-order valence-corrected chi connectivity index (χ1v) is 14.6. The number of ether oxygens (including phenoxy) is 2. The van der Waals surface area contributed by atoms with Gasteiger partial charge in [0.25, 0.3) is 5.91 Å². The van der Waals surface area contributed by atoms with Crippen LogP contribution in [0.4, 0.5) is 20.4 Å². The Bertz CT molecular complexity index is 1490. The van der Waals surface area contributed by atoms with E-state index in [9.17, 15) is 17.8 Å². The number of halogens is 2. The van der Waals surface area contributed by atoms with Gasteiger partial charge in [-0.15, -0.1) is 0 Å². The number of nitrogens with one attached hydrogen (secondary N) is 1. The number of hydrogen-bond donors (Lipinski definition) is 2. The minimum atomic E-state index is -2.96. The molecule has 39 heavy (non-hydrogen) atoms. The smallest absolute Gasteiger partial charge is 0.270 e. The van der Waals surface area contributed by atoms with E-state index in [2.05, 4.69) is 19.6 Å². The number of aromatic nitrogens is 2. The molecule has 1 amide bonds. The van der Waals surface area contributed by atoms with E-state index in [-0.39, 0.29) is 41.2 Å². The van der Waals surface area contributed by atoms with E-state index >= 15 is 0 Å². The zero-order valence-corrected chi connectivity index (χ0v) is 22.8. The summed E-state index contributed by atoms with van der Waals surface area (Å²) >= 11 is 0. The molecule has 0 fully saturated rings. The van der Waals surface area contributed by atoms with Crippen LogP contribution in [0.1, 0.15) is 32.3 Å². The SMILES string of the molecule is CC(C)[C@H](N)C(=O)N=[S@](C)(=O)Cc1cc2cc(c1)OCCCCOc1cc(F)ccc1-c1nc(ncc1F)N2. The zero-order chi connectivity index (χ0) is 28.2. The lowest BCUT2D eigenvalue weighted by molar-refractivity contribution is -0.119. The summed E-state index contributed by atoms with van der Waals surface area (Å²) in [6, 6.07) is 8.12. The van der Waals surface area contributed by atoms with Crippen molar-refractivity contribution in [1.29, 1.82) is 0 Å². The normalized spacial score (nSPS) is 15.8. The fraction of sp³-hybridized carbons (Fsp3) is 0.370. The second kappa shape index (κ2) is 12.0. The molecule has 0 saturated heterocycles. The largest absolute Gasteiger partial charge is 0.494 e. The molecule has 2 aromatic carbocycles. The van der Waals surface area contributed by atoms with Crippen molar-refractivity contribution in [3.8, 4) is 22.8 Å². The third-order valence-corrected chi connectivity index (χ3v) is 7.39. The van der Waals surface area contributed by atoms with Crippen LogP contribution < -0.4 is 20.5 Å². The van der Waals surface area contributed by atoms with Crippen molar-refractivity contribution < 1.29 is 27.3 Å². The second-order valence-corrected chi connectivity index (χ2v) is 12.1. The molecule has 0 radical (unpaired) electrons. The van der Waals surface area contributed by atoms with Crippen LogP contribution >= 0.6 is 0 Å². The summed E-state index contributed by atoms with van der Waals surface area (Å²) in [5, 5.41) is 3.03. The number of hydrogen-bond acceptors (Lipinski definition) is 8. The van der Waals surface area contributed by atoms with Crippen molar-refractivity contribution in [3.63, 3.8) is 0 Å². The lowest BCUT2D eigenvalue weighted by atomic mass is 10.1. The number of nitrogens with zero attached hydrogens (tertiary/aromatic N) is 3. The lowest BCUT2D eigenvalue weighted by Gasteiger charge is -2.14. The summed E-state index contributed by atoms with van der Waals surface area (Å²) in [7, 11) is -2.96. The van der Waals surface area contributed by atoms with Gasteiger partial charge in [-0.05, 0) is 48.6 Å². The Morgan fingerprint density at radius 2 is 1.90 bits per heavy atom. The van der Waals surface area contributed by atoms with Crippen molar-refractivity contribution in [2.24, 2.45) is 16.0 Å². The average Bonchev–Trinajstić information content (AvgIpc) is 2.86. The molecule has 0 spiro atoms. The minimum Gasteiger partial charge on any atom is -0.494 e. The Labute approximate surface area is 226 Å². The molecular formula is C27H31F2N5O4S. The van der Waals surface area contributed by atoms with Gasteiger partial charge in [0.15, 0.2) is 5.82 Å². The third-order valence-electron chi connectivity index (χ3n) is 5.95. The van der Waals surface area contributed by atoms with Gasteiger partial charge >= 0.3 is 0 Å². The molecule has 0 saturated carbocycles. The van der Waals surface area contributed by atoms with Gasteiger partial charge in [-0.2, -0.15) is 4.36 Å². The number of rotatable bonds is 4. The number of nitrogens with two attached hydrogens (primary N) is 1. The fourth-order valence-corrected chi connectivity index (χ4v) is 5.26. The predicted molar refractivity (Wildman–Crippen MR) is 145 cm³/mol. The Morgan fingerprint density at radius 3 is 2.64 bits per heavy atom. The van der Waals surface area contributed by atoms with Crippen molar-refractivity contribution in [1.82, 2.24) is 9.97 Å². The van der Waals surface area contributed by atoms with Crippen LogP contribution in [0.3, 0.4) is 0 Å². The number of benzene rings is 2. The van der Waals surface area contributed by atoms with Gasteiger partial charge in [0, 0.05) is 29.6 Å². The first kappa shape index (κ1) is 28.4. The van der Waals surface area contributed by atoms with Gasteiger partial charge in [0.05, 0.1) is 40.9 Å². The maximum Gasteiger partial charge on any atom is 0.270 e. The molecule has 9 nitrogen and oxygen atoms in total. The Hall–Kier alpha value is -3.64. The first-order valence-electron chi connectivity index (χ1n) is 12.5. The summed E-state index contributed by atoms with van der Waals surface area (Å²) < 4.78 is 57.6. The number of amides is 1. The molecule has 208 valence electrons. The highest BCUT2D eigenvalue weighted by molar-refractivity contribution is 7.92. The van der Waals surface area contributed by atoms with Gasteiger partial charge in [-0.25, -0.2) is 23.0 Å². The van der Waals surface area contributed by atoms with E-state index in [0.717, 1.165) is 6.20 Å². The van der Waals surface area contributed by atoms with E-state index in [1.807, 2.05) is 0 Å². The molecule has 0 unspecified atom stereocenters. The van der Waals surface area contributed by atoms with Crippen LogP contribution in [0.25, 0.3) is 11.3 Å². The van der Waals surface area contributed by atoms with Crippen molar-refractivity contribution in [2.75, 3.05) is 24.8 Å². The van der Waals surface area contributed by atoms with Gasteiger partial charge < -0.3 is 20.5 Å². The third kappa shape index (κ3) is 7.48. The van der Waals surface area contributed by atoms with Gasteiger partial charge in [-0.3, -0.25) is 4.79 Å². The summed E-state index contributed by atoms with van der Waals surface area (Å²) in [4.78, 5) is 20.7.